The fourth-order valence-corrected chi connectivity index (χ4v) is 4.60. The number of nitrogens with one attached hydrogen (secondary N) is 2. The number of fused-ring (bicyclic) bond motifs is 7. The monoisotopic (exact) mass is 469 g/mol. The molecule has 130 valence electrons. The lowest BCUT2D eigenvalue weighted by molar-refractivity contribution is 1.34. The highest BCUT2D eigenvalue weighted by molar-refractivity contribution is 14.1. The summed E-state index contributed by atoms with van der Waals surface area (Å²) in [5, 5.41) is 5.89. The molecule has 0 spiro atoms. The summed E-state index contributed by atoms with van der Waals surface area (Å²) in [6.07, 6.45) is 2.00. The van der Waals surface area contributed by atoms with Gasteiger partial charge in [0.15, 0.2) is 0 Å². The number of rotatable bonds is 1. The number of benzene rings is 4. The topological polar surface area (TPSA) is 44.5 Å². The van der Waals surface area contributed by atoms with E-state index in [0.717, 1.165) is 38.8 Å². The standard InChI is InChI=1S/C23H13BIN3/c24-12-5-8-20-17(9-12)19(11-26-20)23-27-21-16-4-2-1-3-14(16)15-7-6-13(25)10-18(15)22(21)28-23/h1-11,26H,(H,27,28). The van der Waals surface area contributed by atoms with E-state index in [1.165, 1.54) is 25.1 Å². The van der Waals surface area contributed by atoms with Crippen LogP contribution in [0.3, 0.4) is 0 Å². The Morgan fingerprint density at radius 1 is 0.821 bits per heavy atom. The van der Waals surface area contributed by atoms with Gasteiger partial charge in [0.2, 0.25) is 0 Å². The number of aromatic amines is 2. The second kappa shape index (κ2) is 5.85. The maximum Gasteiger partial charge on any atom is 0.140 e. The first-order valence-electron chi connectivity index (χ1n) is 9.06. The van der Waals surface area contributed by atoms with Gasteiger partial charge in [-0.05, 0) is 51.6 Å². The Kier molecular flexibility index (Phi) is 3.38. The molecule has 0 atom stereocenters. The number of hydrogen-bond donors (Lipinski definition) is 2. The average Bonchev–Trinajstić information content (AvgIpc) is 3.32. The van der Waals surface area contributed by atoms with Gasteiger partial charge in [0.1, 0.15) is 13.7 Å². The molecule has 2 radical (unpaired) electrons. The molecule has 0 saturated carbocycles. The summed E-state index contributed by atoms with van der Waals surface area (Å²) < 4.78 is 1.20. The van der Waals surface area contributed by atoms with Crippen LogP contribution >= 0.6 is 22.6 Å². The second-order valence-corrected chi connectivity index (χ2v) is 8.30. The summed E-state index contributed by atoms with van der Waals surface area (Å²) in [5.41, 5.74) is 4.89. The van der Waals surface area contributed by atoms with Gasteiger partial charge >= 0.3 is 0 Å². The van der Waals surface area contributed by atoms with Gasteiger partial charge in [0.25, 0.3) is 0 Å². The summed E-state index contributed by atoms with van der Waals surface area (Å²) >= 11 is 2.36. The van der Waals surface area contributed by atoms with Gasteiger partial charge in [-0.2, -0.15) is 0 Å². The molecule has 0 aliphatic heterocycles. The van der Waals surface area contributed by atoms with Gasteiger partial charge < -0.3 is 9.97 Å². The van der Waals surface area contributed by atoms with Crippen LogP contribution in [-0.4, -0.2) is 22.8 Å². The van der Waals surface area contributed by atoms with Crippen LogP contribution in [0.5, 0.6) is 0 Å². The Morgan fingerprint density at radius 3 is 2.54 bits per heavy atom. The molecule has 0 amide bonds. The van der Waals surface area contributed by atoms with E-state index in [0.29, 0.717) is 0 Å². The van der Waals surface area contributed by atoms with Crippen molar-refractivity contribution in [3.63, 3.8) is 0 Å². The maximum atomic E-state index is 6.03. The third kappa shape index (κ3) is 2.26. The summed E-state index contributed by atoms with van der Waals surface area (Å²) in [6.45, 7) is 0. The van der Waals surface area contributed by atoms with Crippen LogP contribution in [0.25, 0.3) is 54.9 Å². The van der Waals surface area contributed by atoms with E-state index in [1.54, 1.807) is 0 Å². The highest BCUT2D eigenvalue weighted by Crippen LogP contribution is 2.37. The molecule has 0 saturated heterocycles. The van der Waals surface area contributed by atoms with E-state index in [4.69, 9.17) is 12.8 Å². The lowest BCUT2D eigenvalue weighted by atomic mass is 9.94. The third-order valence-electron chi connectivity index (χ3n) is 5.39. The Balaban J connectivity index is 1.77. The summed E-state index contributed by atoms with van der Waals surface area (Å²) in [7, 11) is 6.03. The molecule has 28 heavy (non-hydrogen) atoms. The molecular formula is C23H13BIN3. The minimum atomic E-state index is 0.745. The van der Waals surface area contributed by atoms with Crippen molar-refractivity contribution in [2.75, 3.05) is 0 Å². The number of nitrogens with zero attached hydrogens (tertiary/aromatic N) is 1. The van der Waals surface area contributed by atoms with Crippen molar-refractivity contribution >= 4 is 79.4 Å². The Labute approximate surface area is 175 Å². The Hall–Kier alpha value is -2.80. The molecule has 2 heterocycles. The van der Waals surface area contributed by atoms with Crippen molar-refractivity contribution < 1.29 is 0 Å². The quantitative estimate of drug-likeness (QED) is 0.189. The van der Waals surface area contributed by atoms with Crippen LogP contribution in [0, 0.1) is 3.57 Å². The zero-order chi connectivity index (χ0) is 18.8. The highest BCUT2D eigenvalue weighted by Gasteiger charge is 2.16. The number of hydrogen-bond acceptors (Lipinski definition) is 1. The van der Waals surface area contributed by atoms with Crippen LogP contribution in [0.2, 0.25) is 0 Å². The van der Waals surface area contributed by atoms with Gasteiger partial charge in [0, 0.05) is 37.0 Å². The van der Waals surface area contributed by atoms with E-state index in [-0.39, 0.29) is 0 Å². The van der Waals surface area contributed by atoms with Crippen LogP contribution in [-0.2, 0) is 0 Å². The molecule has 3 nitrogen and oxygen atoms in total. The Morgan fingerprint density at radius 2 is 1.64 bits per heavy atom. The molecule has 0 bridgehead atoms. The number of H-pyrrole nitrogens is 2. The molecular weight excluding hydrogens is 456 g/mol. The first kappa shape index (κ1) is 16.2. The van der Waals surface area contributed by atoms with Gasteiger partial charge in [-0.15, -0.1) is 0 Å². The zero-order valence-corrected chi connectivity index (χ0v) is 16.9. The minimum absolute atomic E-state index is 0.745. The molecule has 0 aliphatic carbocycles. The van der Waals surface area contributed by atoms with Crippen molar-refractivity contribution in [1.29, 1.82) is 0 Å². The minimum Gasteiger partial charge on any atom is -0.360 e. The molecule has 6 rings (SSSR count). The van der Waals surface area contributed by atoms with E-state index in [1.807, 2.05) is 24.4 Å². The van der Waals surface area contributed by atoms with Gasteiger partial charge in [0.05, 0.1) is 11.0 Å². The van der Waals surface area contributed by atoms with Crippen molar-refractivity contribution in [1.82, 2.24) is 15.0 Å². The van der Waals surface area contributed by atoms with Gasteiger partial charge in [-0.3, -0.25) is 0 Å². The average molecular weight is 469 g/mol. The lowest BCUT2D eigenvalue weighted by Crippen LogP contribution is -1.99. The normalized spacial score (nSPS) is 11.9. The molecule has 2 N–H and O–H groups in total. The molecule has 2 aromatic heterocycles. The number of aromatic nitrogens is 3. The molecule has 0 aliphatic rings. The largest absolute Gasteiger partial charge is 0.360 e. The van der Waals surface area contributed by atoms with E-state index < -0.39 is 0 Å². The molecule has 4 aromatic carbocycles. The summed E-state index contributed by atoms with van der Waals surface area (Å²) in [6, 6.07) is 21.0. The van der Waals surface area contributed by atoms with Gasteiger partial charge in [-0.25, -0.2) is 4.98 Å². The highest BCUT2D eigenvalue weighted by atomic mass is 127. The van der Waals surface area contributed by atoms with Crippen LogP contribution < -0.4 is 5.46 Å². The fraction of sp³-hybridized carbons (Fsp3) is 0. The molecule has 0 unspecified atom stereocenters. The third-order valence-corrected chi connectivity index (χ3v) is 6.06. The van der Waals surface area contributed by atoms with Crippen LogP contribution in [0.15, 0.2) is 66.9 Å². The number of imidazole rings is 1. The maximum absolute atomic E-state index is 6.03. The van der Waals surface area contributed by atoms with Crippen LogP contribution in [0.1, 0.15) is 0 Å². The predicted molar refractivity (Wildman–Crippen MR) is 127 cm³/mol. The fourth-order valence-electron chi connectivity index (χ4n) is 4.11. The van der Waals surface area contributed by atoms with Crippen molar-refractivity contribution in [3.05, 3.63) is 70.4 Å². The summed E-state index contributed by atoms with van der Waals surface area (Å²) in [5.74, 6) is 0.850. The molecule has 0 fully saturated rings. The smallest absolute Gasteiger partial charge is 0.140 e. The van der Waals surface area contributed by atoms with Gasteiger partial charge in [-0.1, -0.05) is 47.9 Å². The predicted octanol–water partition coefficient (Wildman–Crippen LogP) is 5.42. The van der Waals surface area contributed by atoms with Crippen molar-refractivity contribution in [3.8, 4) is 11.4 Å². The number of halogens is 1. The first-order chi connectivity index (χ1) is 13.7. The second-order valence-electron chi connectivity index (χ2n) is 7.05. The lowest BCUT2D eigenvalue weighted by Gasteiger charge is -2.06. The van der Waals surface area contributed by atoms with E-state index >= 15 is 0 Å². The van der Waals surface area contributed by atoms with Crippen molar-refractivity contribution in [2.24, 2.45) is 0 Å². The van der Waals surface area contributed by atoms with Crippen LogP contribution in [0.4, 0.5) is 0 Å². The zero-order valence-electron chi connectivity index (χ0n) is 14.8. The SMILES string of the molecule is [B]c1ccc2[nH]cc(-c3nc4c5cc(I)ccc5c5ccccc5c4[nH]3)c2c1. The van der Waals surface area contributed by atoms with E-state index in [2.05, 4.69) is 75.0 Å². The first-order valence-corrected chi connectivity index (χ1v) is 10.1. The Bertz CT molecular complexity index is 1540. The van der Waals surface area contributed by atoms with Crippen molar-refractivity contribution in [2.45, 2.75) is 0 Å². The van der Waals surface area contributed by atoms with E-state index in [9.17, 15) is 0 Å². The molecule has 6 aromatic rings. The summed E-state index contributed by atoms with van der Waals surface area (Å²) in [4.78, 5) is 11.9. The molecule has 5 heteroatoms.